The van der Waals surface area contributed by atoms with Gasteiger partial charge in [-0.15, -0.1) is 0 Å². The van der Waals surface area contributed by atoms with Crippen molar-refractivity contribution in [1.82, 2.24) is 5.32 Å². The molecule has 0 aromatic carbocycles. The Hall–Kier alpha value is -0.340. The second kappa shape index (κ2) is 3.60. The quantitative estimate of drug-likeness (QED) is 0.619. The van der Waals surface area contributed by atoms with Crippen LogP contribution in [0.1, 0.15) is 47.0 Å². The van der Waals surface area contributed by atoms with Crippen molar-refractivity contribution in [3.8, 4) is 0 Å². The zero-order chi connectivity index (χ0) is 11.1. The highest BCUT2D eigenvalue weighted by Crippen LogP contribution is 2.44. The summed E-state index contributed by atoms with van der Waals surface area (Å²) in [6, 6.07) is 0. The summed E-state index contributed by atoms with van der Waals surface area (Å²) in [7, 11) is 0. The molecule has 2 heterocycles. The lowest BCUT2D eigenvalue weighted by atomic mass is 9.86. The third kappa shape index (κ3) is 2.26. The van der Waals surface area contributed by atoms with E-state index >= 15 is 0 Å². The molecule has 2 aliphatic rings. The Labute approximate surface area is 93.1 Å². The van der Waals surface area contributed by atoms with Crippen molar-refractivity contribution < 1.29 is 4.74 Å². The first-order chi connectivity index (χ1) is 6.91. The molecule has 2 fully saturated rings. The van der Waals surface area contributed by atoms with Crippen LogP contribution in [-0.2, 0) is 4.74 Å². The topological polar surface area (TPSA) is 21.3 Å². The molecule has 0 bridgehead atoms. The molecule has 1 N–H and O–H groups in total. The summed E-state index contributed by atoms with van der Waals surface area (Å²) in [6.07, 6.45) is 3.52. The van der Waals surface area contributed by atoms with Crippen LogP contribution in [0.3, 0.4) is 0 Å². The molecule has 0 spiro atoms. The highest BCUT2D eigenvalue weighted by molar-refractivity contribution is 5.29. The van der Waals surface area contributed by atoms with Crippen molar-refractivity contribution in [2.75, 3.05) is 13.1 Å². The van der Waals surface area contributed by atoms with Crippen molar-refractivity contribution in [2.45, 2.75) is 58.2 Å². The molecule has 86 valence electrons. The molecule has 0 aromatic rings. The molecular weight excluding hydrogens is 186 g/mol. The maximum absolute atomic E-state index is 6.12. The molecule has 15 heavy (non-hydrogen) atoms. The van der Waals surface area contributed by atoms with E-state index < -0.39 is 0 Å². The molecule has 2 saturated heterocycles. The molecule has 2 aliphatic heterocycles. The monoisotopic (exact) mass is 209 g/mol. The lowest BCUT2D eigenvalue weighted by Crippen LogP contribution is -2.28. The van der Waals surface area contributed by atoms with Crippen LogP contribution < -0.4 is 5.32 Å². The van der Waals surface area contributed by atoms with Gasteiger partial charge < -0.3 is 10.1 Å². The van der Waals surface area contributed by atoms with Crippen LogP contribution in [0.15, 0.2) is 11.1 Å². The van der Waals surface area contributed by atoms with E-state index in [1.54, 1.807) is 11.1 Å². The van der Waals surface area contributed by atoms with Crippen LogP contribution in [0, 0.1) is 0 Å². The second-order valence-electron chi connectivity index (χ2n) is 5.88. The van der Waals surface area contributed by atoms with E-state index in [1.807, 2.05) is 0 Å². The van der Waals surface area contributed by atoms with Gasteiger partial charge in [0.25, 0.3) is 0 Å². The summed E-state index contributed by atoms with van der Waals surface area (Å²) in [4.78, 5) is 0. The van der Waals surface area contributed by atoms with Gasteiger partial charge in [0.15, 0.2) is 0 Å². The van der Waals surface area contributed by atoms with Crippen LogP contribution in [-0.4, -0.2) is 24.3 Å². The van der Waals surface area contributed by atoms with Gasteiger partial charge in [-0.25, -0.2) is 0 Å². The normalized spacial score (nSPS) is 29.6. The van der Waals surface area contributed by atoms with E-state index in [-0.39, 0.29) is 11.2 Å². The van der Waals surface area contributed by atoms with Gasteiger partial charge in [-0.1, -0.05) is 5.57 Å². The van der Waals surface area contributed by atoms with Crippen molar-refractivity contribution in [1.29, 1.82) is 0 Å². The van der Waals surface area contributed by atoms with E-state index in [0.29, 0.717) is 0 Å². The molecule has 0 saturated carbocycles. The van der Waals surface area contributed by atoms with Gasteiger partial charge >= 0.3 is 0 Å². The Balaban J connectivity index is 2.27. The number of hydrogen-bond donors (Lipinski definition) is 1. The van der Waals surface area contributed by atoms with Crippen molar-refractivity contribution in [2.24, 2.45) is 0 Å². The zero-order valence-corrected chi connectivity index (χ0v) is 10.4. The van der Waals surface area contributed by atoms with Crippen molar-refractivity contribution in [3.05, 3.63) is 11.1 Å². The van der Waals surface area contributed by atoms with Crippen molar-refractivity contribution >= 4 is 0 Å². The van der Waals surface area contributed by atoms with Gasteiger partial charge in [-0.05, 0) is 65.6 Å². The minimum Gasteiger partial charge on any atom is -0.365 e. The summed E-state index contributed by atoms with van der Waals surface area (Å²) < 4.78 is 6.12. The molecule has 0 unspecified atom stereocenters. The standard InChI is InChI=1S/C13H23NO/c1-12(2)9-11(13(3,4)15-12)10-5-7-14-8-6-10/h14H,5-9H2,1-4H3. The molecule has 0 atom stereocenters. The number of nitrogens with one attached hydrogen (secondary N) is 1. The van der Waals surface area contributed by atoms with E-state index in [0.717, 1.165) is 19.5 Å². The van der Waals surface area contributed by atoms with Crippen LogP contribution >= 0.6 is 0 Å². The molecule has 0 amide bonds. The van der Waals surface area contributed by atoms with Gasteiger partial charge in [0.1, 0.15) is 0 Å². The minimum absolute atomic E-state index is 0.0245. The third-order valence-corrected chi connectivity index (χ3v) is 3.49. The fourth-order valence-corrected chi connectivity index (χ4v) is 3.01. The Kier molecular flexibility index (Phi) is 2.68. The smallest absolute Gasteiger partial charge is 0.0846 e. The first kappa shape index (κ1) is 11.2. The molecule has 0 aromatic heterocycles. The Morgan fingerprint density at radius 3 is 2.13 bits per heavy atom. The zero-order valence-electron chi connectivity index (χ0n) is 10.4. The van der Waals surface area contributed by atoms with Crippen LogP contribution in [0.2, 0.25) is 0 Å². The lowest BCUT2D eigenvalue weighted by molar-refractivity contribution is -0.0569. The van der Waals surface area contributed by atoms with E-state index in [2.05, 4.69) is 33.0 Å². The van der Waals surface area contributed by atoms with Crippen LogP contribution in [0.25, 0.3) is 0 Å². The number of ether oxygens (including phenoxy) is 1. The number of piperidine rings is 1. The predicted octanol–water partition coefficient (Wildman–Crippen LogP) is 2.64. The summed E-state index contributed by atoms with van der Waals surface area (Å²) in [5.74, 6) is 0. The molecule has 0 radical (unpaired) electrons. The summed E-state index contributed by atoms with van der Waals surface area (Å²) >= 11 is 0. The van der Waals surface area contributed by atoms with Crippen LogP contribution in [0.4, 0.5) is 0 Å². The van der Waals surface area contributed by atoms with Gasteiger partial charge in [-0.2, -0.15) is 0 Å². The molecule has 2 heteroatoms. The molecule has 2 rings (SSSR count). The predicted molar refractivity (Wildman–Crippen MR) is 63.0 cm³/mol. The lowest BCUT2D eigenvalue weighted by Gasteiger charge is -2.26. The summed E-state index contributed by atoms with van der Waals surface area (Å²) in [5.41, 5.74) is 3.19. The first-order valence-electron chi connectivity index (χ1n) is 6.03. The molecular formula is C13H23NO. The largest absolute Gasteiger partial charge is 0.365 e. The van der Waals surface area contributed by atoms with Gasteiger partial charge in [0.2, 0.25) is 0 Å². The Bertz CT molecular complexity index is 281. The average Bonchev–Trinajstić information content (AvgIpc) is 2.36. The molecule has 2 nitrogen and oxygen atoms in total. The number of rotatable bonds is 0. The van der Waals surface area contributed by atoms with Gasteiger partial charge in [0, 0.05) is 0 Å². The van der Waals surface area contributed by atoms with Gasteiger partial charge in [0.05, 0.1) is 11.2 Å². The summed E-state index contributed by atoms with van der Waals surface area (Å²) in [6.45, 7) is 11.1. The molecule has 0 aliphatic carbocycles. The highest BCUT2D eigenvalue weighted by atomic mass is 16.5. The maximum Gasteiger partial charge on any atom is 0.0846 e. The fourth-order valence-electron chi connectivity index (χ4n) is 3.01. The Morgan fingerprint density at radius 2 is 1.67 bits per heavy atom. The SMILES string of the molecule is CC1(C)CC(=C2CCNCC2)C(C)(C)O1. The van der Waals surface area contributed by atoms with Crippen LogP contribution in [0.5, 0.6) is 0 Å². The van der Waals surface area contributed by atoms with E-state index in [1.165, 1.54) is 12.8 Å². The first-order valence-corrected chi connectivity index (χ1v) is 6.03. The van der Waals surface area contributed by atoms with E-state index in [9.17, 15) is 0 Å². The van der Waals surface area contributed by atoms with Crippen molar-refractivity contribution in [3.63, 3.8) is 0 Å². The third-order valence-electron chi connectivity index (χ3n) is 3.49. The number of hydrogen-bond acceptors (Lipinski definition) is 2. The average molecular weight is 209 g/mol. The fraction of sp³-hybridized carbons (Fsp3) is 0.846. The second-order valence-corrected chi connectivity index (χ2v) is 5.88. The summed E-state index contributed by atoms with van der Waals surface area (Å²) in [5, 5.41) is 3.41. The van der Waals surface area contributed by atoms with E-state index in [4.69, 9.17) is 4.74 Å². The van der Waals surface area contributed by atoms with Gasteiger partial charge in [-0.3, -0.25) is 0 Å². The maximum atomic E-state index is 6.12. The Morgan fingerprint density at radius 1 is 1.07 bits per heavy atom. The minimum atomic E-state index is -0.0455. The highest BCUT2D eigenvalue weighted by Gasteiger charge is 2.42.